The van der Waals surface area contributed by atoms with Crippen LogP contribution in [-0.4, -0.2) is 49.9 Å². The highest BCUT2D eigenvalue weighted by Gasteiger charge is 2.24. The van der Waals surface area contributed by atoms with Crippen LogP contribution in [0.15, 0.2) is 0 Å². The predicted octanol–water partition coefficient (Wildman–Crippen LogP) is 0.695. The molecule has 5 nitrogen and oxygen atoms in total. The Morgan fingerprint density at radius 2 is 1.62 bits per heavy atom. The van der Waals surface area contributed by atoms with Crippen LogP contribution in [0.25, 0.3) is 0 Å². The summed E-state index contributed by atoms with van der Waals surface area (Å²) in [7, 11) is 0. The first-order valence-electron chi connectivity index (χ1n) is 5.20. The third-order valence-corrected chi connectivity index (χ3v) is 1.90. The zero-order valence-corrected chi connectivity index (χ0v) is 11.4. The molecule has 2 N–H and O–H groups in total. The molecule has 0 saturated heterocycles. The lowest BCUT2D eigenvalue weighted by Crippen LogP contribution is -2.27. The Kier molecular flexibility index (Phi) is 8.83. The molecule has 0 unspecified atom stereocenters. The standard InChI is InChI=1S/C10H20BrNO4/c1-10(2,11)9(13)16-8-7-15-6-5-14-4-3-12/h3-8,12H2,1-2H3. The maximum atomic E-state index is 11.3. The van der Waals surface area contributed by atoms with E-state index in [9.17, 15) is 4.79 Å². The van der Waals surface area contributed by atoms with Gasteiger partial charge in [0.15, 0.2) is 0 Å². The number of carbonyl (C=O) groups excluding carboxylic acids is 1. The van der Waals surface area contributed by atoms with E-state index in [2.05, 4.69) is 15.9 Å². The molecule has 0 aromatic carbocycles. The maximum absolute atomic E-state index is 11.3. The first-order chi connectivity index (χ1) is 7.48. The minimum absolute atomic E-state index is 0.255. The summed E-state index contributed by atoms with van der Waals surface area (Å²) < 4.78 is 14.6. The highest BCUT2D eigenvalue weighted by atomic mass is 79.9. The molecule has 0 radical (unpaired) electrons. The Labute approximate surface area is 105 Å². The third kappa shape index (κ3) is 9.08. The smallest absolute Gasteiger partial charge is 0.322 e. The van der Waals surface area contributed by atoms with E-state index in [1.807, 2.05) is 0 Å². The number of esters is 1. The quantitative estimate of drug-likeness (QED) is 0.385. The highest BCUT2D eigenvalue weighted by Crippen LogP contribution is 2.17. The van der Waals surface area contributed by atoms with E-state index in [0.29, 0.717) is 33.0 Å². The predicted molar refractivity (Wildman–Crippen MR) is 64.7 cm³/mol. The third-order valence-electron chi connectivity index (χ3n) is 1.58. The summed E-state index contributed by atoms with van der Waals surface area (Å²) in [5, 5.41) is 0. The molecule has 96 valence electrons. The maximum Gasteiger partial charge on any atom is 0.322 e. The topological polar surface area (TPSA) is 70.8 Å². The van der Waals surface area contributed by atoms with Crippen molar-refractivity contribution >= 4 is 21.9 Å². The Hall–Kier alpha value is -0.170. The van der Waals surface area contributed by atoms with Gasteiger partial charge in [0.25, 0.3) is 0 Å². The van der Waals surface area contributed by atoms with Crippen molar-refractivity contribution in [3.05, 3.63) is 0 Å². The number of ether oxygens (including phenoxy) is 3. The molecule has 0 fully saturated rings. The van der Waals surface area contributed by atoms with Crippen molar-refractivity contribution in [1.29, 1.82) is 0 Å². The Morgan fingerprint density at radius 3 is 2.12 bits per heavy atom. The number of nitrogens with two attached hydrogens (primary N) is 1. The fourth-order valence-electron chi connectivity index (χ4n) is 0.770. The van der Waals surface area contributed by atoms with E-state index >= 15 is 0 Å². The van der Waals surface area contributed by atoms with Crippen LogP contribution in [0, 0.1) is 0 Å². The summed E-state index contributed by atoms with van der Waals surface area (Å²) in [6.45, 7) is 6.14. The second-order valence-corrected chi connectivity index (χ2v) is 5.60. The van der Waals surface area contributed by atoms with Crippen molar-refractivity contribution in [3.63, 3.8) is 0 Å². The monoisotopic (exact) mass is 297 g/mol. The molecule has 0 bridgehead atoms. The van der Waals surface area contributed by atoms with Gasteiger partial charge in [-0.3, -0.25) is 4.79 Å². The average molecular weight is 298 g/mol. The summed E-state index contributed by atoms with van der Waals surface area (Å²) in [5.41, 5.74) is 5.24. The Morgan fingerprint density at radius 1 is 1.12 bits per heavy atom. The van der Waals surface area contributed by atoms with Crippen LogP contribution < -0.4 is 5.73 Å². The van der Waals surface area contributed by atoms with Gasteiger partial charge >= 0.3 is 5.97 Å². The molecule has 0 aromatic rings. The highest BCUT2D eigenvalue weighted by molar-refractivity contribution is 9.10. The van der Waals surface area contributed by atoms with Crippen molar-refractivity contribution in [1.82, 2.24) is 0 Å². The molecule has 6 heteroatoms. The Bertz CT molecular complexity index is 194. The summed E-state index contributed by atoms with van der Waals surface area (Å²) in [5.74, 6) is -0.296. The molecule has 0 aliphatic heterocycles. The van der Waals surface area contributed by atoms with Crippen molar-refractivity contribution in [2.75, 3.05) is 39.6 Å². The van der Waals surface area contributed by atoms with Crippen molar-refractivity contribution in [2.24, 2.45) is 5.73 Å². The first kappa shape index (κ1) is 15.8. The van der Waals surface area contributed by atoms with Crippen LogP contribution in [0.2, 0.25) is 0 Å². The lowest BCUT2D eigenvalue weighted by molar-refractivity contribution is -0.147. The van der Waals surface area contributed by atoms with E-state index in [-0.39, 0.29) is 12.6 Å². The van der Waals surface area contributed by atoms with Gasteiger partial charge in [0.05, 0.1) is 26.4 Å². The van der Waals surface area contributed by atoms with E-state index in [1.54, 1.807) is 13.8 Å². The minimum atomic E-state index is -0.642. The molecule has 0 spiro atoms. The van der Waals surface area contributed by atoms with Crippen LogP contribution in [0.3, 0.4) is 0 Å². The number of hydrogen-bond acceptors (Lipinski definition) is 5. The van der Waals surface area contributed by atoms with Crippen molar-refractivity contribution < 1.29 is 19.0 Å². The number of halogens is 1. The summed E-state index contributed by atoms with van der Waals surface area (Å²) in [6, 6.07) is 0. The second kappa shape index (κ2) is 8.92. The van der Waals surface area contributed by atoms with Gasteiger partial charge in [-0.05, 0) is 13.8 Å². The van der Waals surface area contributed by atoms with Gasteiger partial charge in [-0.2, -0.15) is 0 Å². The number of carbonyl (C=O) groups is 1. The molecule has 0 rings (SSSR count). The number of hydrogen-bond donors (Lipinski definition) is 1. The molecule has 0 amide bonds. The van der Waals surface area contributed by atoms with Gasteiger partial charge in [-0.1, -0.05) is 15.9 Å². The van der Waals surface area contributed by atoms with Crippen LogP contribution in [-0.2, 0) is 19.0 Å². The summed E-state index contributed by atoms with van der Waals surface area (Å²) in [4.78, 5) is 11.3. The molecule has 0 aromatic heterocycles. The summed E-state index contributed by atoms with van der Waals surface area (Å²) in [6.07, 6.45) is 0. The minimum Gasteiger partial charge on any atom is -0.462 e. The molecule has 16 heavy (non-hydrogen) atoms. The zero-order chi connectivity index (χ0) is 12.4. The second-order valence-electron chi connectivity index (χ2n) is 3.62. The van der Waals surface area contributed by atoms with Gasteiger partial charge in [-0.15, -0.1) is 0 Å². The molecule has 0 heterocycles. The lowest BCUT2D eigenvalue weighted by atomic mass is 10.2. The van der Waals surface area contributed by atoms with Gasteiger partial charge in [-0.25, -0.2) is 0 Å². The van der Waals surface area contributed by atoms with Crippen molar-refractivity contribution in [3.8, 4) is 0 Å². The number of alkyl halides is 1. The van der Waals surface area contributed by atoms with E-state index in [0.717, 1.165) is 0 Å². The van der Waals surface area contributed by atoms with Crippen LogP contribution in [0.4, 0.5) is 0 Å². The van der Waals surface area contributed by atoms with E-state index in [1.165, 1.54) is 0 Å². The van der Waals surface area contributed by atoms with Gasteiger partial charge < -0.3 is 19.9 Å². The largest absolute Gasteiger partial charge is 0.462 e. The molecule has 0 aliphatic carbocycles. The molecule has 0 saturated carbocycles. The SMILES string of the molecule is CC(C)(Br)C(=O)OCCOCCOCCN. The molecular weight excluding hydrogens is 278 g/mol. The van der Waals surface area contributed by atoms with Crippen LogP contribution in [0.1, 0.15) is 13.8 Å². The molecule has 0 aliphatic rings. The Balaban J connectivity index is 3.25. The van der Waals surface area contributed by atoms with Crippen LogP contribution >= 0.6 is 15.9 Å². The fourth-order valence-corrected chi connectivity index (χ4v) is 0.885. The molecule has 0 atom stereocenters. The lowest BCUT2D eigenvalue weighted by Gasteiger charge is -2.14. The normalized spacial score (nSPS) is 11.5. The molecular formula is C10H20BrNO4. The van der Waals surface area contributed by atoms with Crippen molar-refractivity contribution in [2.45, 2.75) is 18.2 Å². The first-order valence-corrected chi connectivity index (χ1v) is 5.99. The summed E-state index contributed by atoms with van der Waals surface area (Å²) >= 11 is 3.21. The van der Waals surface area contributed by atoms with E-state index in [4.69, 9.17) is 19.9 Å². The van der Waals surface area contributed by atoms with Gasteiger partial charge in [0.2, 0.25) is 0 Å². The van der Waals surface area contributed by atoms with E-state index < -0.39 is 4.32 Å². The average Bonchev–Trinajstić information content (AvgIpc) is 2.20. The zero-order valence-electron chi connectivity index (χ0n) is 9.83. The fraction of sp³-hybridized carbons (Fsp3) is 0.900. The van der Waals surface area contributed by atoms with Gasteiger partial charge in [0, 0.05) is 6.54 Å². The van der Waals surface area contributed by atoms with Crippen LogP contribution in [0.5, 0.6) is 0 Å². The number of rotatable bonds is 9. The van der Waals surface area contributed by atoms with Gasteiger partial charge in [0.1, 0.15) is 10.9 Å².